The third kappa shape index (κ3) is 2.13. The molecule has 1 amide bonds. The van der Waals surface area contributed by atoms with E-state index in [9.17, 15) is 14.7 Å². The Balaban J connectivity index is 1.99. The lowest BCUT2D eigenvalue weighted by molar-refractivity contribution is -0.144. The van der Waals surface area contributed by atoms with Gasteiger partial charge >= 0.3 is 5.97 Å². The van der Waals surface area contributed by atoms with Gasteiger partial charge < -0.3 is 15.1 Å². The zero-order valence-corrected chi connectivity index (χ0v) is 9.91. The number of pyridine rings is 1. The number of carbonyl (C=O) groups is 2. The second-order valence-electron chi connectivity index (χ2n) is 4.49. The fourth-order valence-corrected chi connectivity index (χ4v) is 1.93. The van der Waals surface area contributed by atoms with Crippen LogP contribution in [0, 0.1) is 11.8 Å². The molecule has 6 nitrogen and oxygen atoms in total. The van der Waals surface area contributed by atoms with E-state index in [1.165, 1.54) is 23.4 Å². The Morgan fingerprint density at radius 2 is 2.17 bits per heavy atom. The summed E-state index contributed by atoms with van der Waals surface area (Å²) in [5, 5.41) is 18.4. The molecule has 0 spiro atoms. The van der Waals surface area contributed by atoms with E-state index in [4.69, 9.17) is 5.11 Å². The SMILES string of the molecule is CC(C(=O)O)C1CN(C(=O)c2ccncc2O)C1. The van der Waals surface area contributed by atoms with Crippen LogP contribution in [0.25, 0.3) is 0 Å². The molecular weight excluding hydrogens is 236 g/mol. The summed E-state index contributed by atoms with van der Waals surface area (Å²) in [5.74, 6) is -1.77. The molecule has 1 aliphatic heterocycles. The van der Waals surface area contributed by atoms with E-state index in [1.807, 2.05) is 0 Å². The molecule has 1 aromatic rings. The van der Waals surface area contributed by atoms with Crippen LogP contribution in [0.3, 0.4) is 0 Å². The second-order valence-corrected chi connectivity index (χ2v) is 4.49. The van der Waals surface area contributed by atoms with Crippen LogP contribution in [0.15, 0.2) is 18.5 Å². The summed E-state index contributed by atoms with van der Waals surface area (Å²) in [6, 6.07) is 1.45. The number of aliphatic carboxylic acids is 1. The molecule has 0 saturated carbocycles. The molecule has 0 aromatic carbocycles. The predicted octanol–water partition coefficient (Wildman–Crippen LogP) is 0.580. The van der Waals surface area contributed by atoms with Gasteiger partial charge in [0.25, 0.3) is 5.91 Å². The first kappa shape index (κ1) is 12.3. The number of carboxylic acid groups (broad SMARTS) is 1. The third-order valence-electron chi connectivity index (χ3n) is 3.32. The van der Waals surface area contributed by atoms with Crippen molar-refractivity contribution < 1.29 is 19.8 Å². The first-order chi connectivity index (χ1) is 8.50. The monoisotopic (exact) mass is 250 g/mol. The minimum atomic E-state index is -0.848. The number of amides is 1. The summed E-state index contributed by atoms with van der Waals surface area (Å²) >= 11 is 0. The zero-order chi connectivity index (χ0) is 13.3. The van der Waals surface area contributed by atoms with Crippen molar-refractivity contribution in [2.75, 3.05) is 13.1 Å². The molecule has 1 atom stereocenters. The van der Waals surface area contributed by atoms with Crippen LogP contribution < -0.4 is 0 Å². The van der Waals surface area contributed by atoms with Crippen LogP contribution in [0.5, 0.6) is 5.75 Å². The lowest BCUT2D eigenvalue weighted by Crippen LogP contribution is -2.53. The Labute approximate surface area is 104 Å². The molecule has 2 rings (SSSR count). The van der Waals surface area contributed by atoms with E-state index in [2.05, 4.69) is 4.98 Å². The van der Waals surface area contributed by atoms with Gasteiger partial charge in [-0.3, -0.25) is 14.6 Å². The van der Waals surface area contributed by atoms with E-state index in [0.29, 0.717) is 13.1 Å². The van der Waals surface area contributed by atoms with E-state index >= 15 is 0 Å². The molecule has 1 aromatic heterocycles. The Morgan fingerprint density at radius 3 is 2.72 bits per heavy atom. The number of hydrogen-bond acceptors (Lipinski definition) is 4. The van der Waals surface area contributed by atoms with Crippen LogP contribution >= 0.6 is 0 Å². The fraction of sp³-hybridized carbons (Fsp3) is 0.417. The predicted molar refractivity (Wildman–Crippen MR) is 62.1 cm³/mol. The number of rotatable bonds is 3. The highest BCUT2D eigenvalue weighted by atomic mass is 16.4. The van der Waals surface area contributed by atoms with Gasteiger partial charge in [-0.2, -0.15) is 0 Å². The quantitative estimate of drug-likeness (QED) is 0.818. The molecule has 0 aliphatic carbocycles. The first-order valence-corrected chi connectivity index (χ1v) is 5.65. The van der Waals surface area contributed by atoms with Gasteiger partial charge in [0.1, 0.15) is 5.75 Å². The van der Waals surface area contributed by atoms with Gasteiger partial charge in [-0.05, 0) is 6.07 Å². The number of likely N-dealkylation sites (tertiary alicyclic amines) is 1. The summed E-state index contributed by atoms with van der Waals surface area (Å²) in [4.78, 5) is 28.0. The number of carbonyl (C=O) groups excluding carboxylic acids is 1. The van der Waals surface area contributed by atoms with Crippen LogP contribution in [-0.4, -0.2) is 45.1 Å². The van der Waals surface area contributed by atoms with Crippen molar-refractivity contribution in [3.8, 4) is 5.75 Å². The average Bonchev–Trinajstić information content (AvgIpc) is 2.27. The molecule has 2 N–H and O–H groups in total. The highest BCUT2D eigenvalue weighted by molar-refractivity contribution is 5.97. The average molecular weight is 250 g/mol. The molecule has 2 heterocycles. The molecule has 6 heteroatoms. The summed E-state index contributed by atoms with van der Waals surface area (Å²) in [6.45, 7) is 2.46. The molecule has 1 fully saturated rings. The smallest absolute Gasteiger partial charge is 0.306 e. The van der Waals surface area contributed by atoms with Gasteiger partial charge in [0.2, 0.25) is 0 Å². The fourth-order valence-electron chi connectivity index (χ4n) is 1.93. The number of nitrogens with zero attached hydrogens (tertiary/aromatic N) is 2. The lowest BCUT2D eigenvalue weighted by atomic mass is 9.86. The largest absolute Gasteiger partial charge is 0.505 e. The molecule has 1 unspecified atom stereocenters. The maximum Gasteiger partial charge on any atom is 0.306 e. The Morgan fingerprint density at radius 1 is 1.50 bits per heavy atom. The van der Waals surface area contributed by atoms with Crippen molar-refractivity contribution in [1.29, 1.82) is 0 Å². The highest BCUT2D eigenvalue weighted by Gasteiger charge is 2.37. The van der Waals surface area contributed by atoms with Crippen molar-refractivity contribution in [3.63, 3.8) is 0 Å². The topological polar surface area (TPSA) is 90.7 Å². The molecule has 1 saturated heterocycles. The van der Waals surface area contributed by atoms with Crippen LogP contribution in [0.4, 0.5) is 0 Å². The van der Waals surface area contributed by atoms with E-state index < -0.39 is 11.9 Å². The Bertz CT molecular complexity index is 483. The lowest BCUT2D eigenvalue weighted by Gasteiger charge is -2.41. The normalized spacial score (nSPS) is 17.1. The second kappa shape index (κ2) is 4.64. The van der Waals surface area contributed by atoms with Crippen molar-refractivity contribution in [2.45, 2.75) is 6.92 Å². The minimum Gasteiger partial charge on any atom is -0.505 e. The van der Waals surface area contributed by atoms with Crippen molar-refractivity contribution in [1.82, 2.24) is 9.88 Å². The molecule has 96 valence electrons. The number of aromatic nitrogens is 1. The minimum absolute atomic E-state index is 0.0181. The number of aromatic hydroxyl groups is 1. The zero-order valence-electron chi connectivity index (χ0n) is 9.91. The summed E-state index contributed by atoms with van der Waals surface area (Å²) in [6.07, 6.45) is 2.65. The summed E-state index contributed by atoms with van der Waals surface area (Å²) in [5.41, 5.74) is 0.200. The van der Waals surface area contributed by atoms with Crippen LogP contribution in [0.2, 0.25) is 0 Å². The van der Waals surface area contributed by atoms with E-state index in [-0.39, 0.29) is 23.1 Å². The first-order valence-electron chi connectivity index (χ1n) is 5.65. The van der Waals surface area contributed by atoms with Gasteiger partial charge in [0.15, 0.2) is 0 Å². The summed E-state index contributed by atoms with van der Waals surface area (Å²) in [7, 11) is 0. The maximum atomic E-state index is 12.0. The van der Waals surface area contributed by atoms with Gasteiger partial charge in [-0.15, -0.1) is 0 Å². The standard InChI is InChI=1S/C12H14N2O4/c1-7(12(17)18)8-5-14(6-8)11(16)9-2-3-13-4-10(9)15/h2-4,7-8,15H,5-6H2,1H3,(H,17,18). The summed E-state index contributed by atoms with van der Waals surface area (Å²) < 4.78 is 0. The molecule has 18 heavy (non-hydrogen) atoms. The molecule has 0 bridgehead atoms. The molecular formula is C12H14N2O4. The highest BCUT2D eigenvalue weighted by Crippen LogP contribution is 2.27. The van der Waals surface area contributed by atoms with E-state index in [0.717, 1.165) is 0 Å². The number of carboxylic acids is 1. The number of hydrogen-bond donors (Lipinski definition) is 2. The maximum absolute atomic E-state index is 12.0. The molecule has 0 radical (unpaired) electrons. The molecule has 1 aliphatic rings. The van der Waals surface area contributed by atoms with Crippen LogP contribution in [-0.2, 0) is 4.79 Å². The van der Waals surface area contributed by atoms with Crippen molar-refractivity contribution >= 4 is 11.9 Å². The van der Waals surface area contributed by atoms with Crippen molar-refractivity contribution in [3.05, 3.63) is 24.0 Å². The van der Waals surface area contributed by atoms with Gasteiger partial charge in [-0.1, -0.05) is 6.92 Å². The van der Waals surface area contributed by atoms with Gasteiger partial charge in [-0.25, -0.2) is 0 Å². The van der Waals surface area contributed by atoms with Crippen LogP contribution in [0.1, 0.15) is 17.3 Å². The Hall–Kier alpha value is -2.11. The van der Waals surface area contributed by atoms with E-state index in [1.54, 1.807) is 6.92 Å². The third-order valence-corrected chi connectivity index (χ3v) is 3.32. The Kier molecular flexibility index (Phi) is 3.18. The van der Waals surface area contributed by atoms with Crippen molar-refractivity contribution in [2.24, 2.45) is 11.8 Å². The van der Waals surface area contributed by atoms with Gasteiger partial charge in [0.05, 0.1) is 17.7 Å². The van der Waals surface area contributed by atoms with Gasteiger partial charge in [0, 0.05) is 25.2 Å².